The Labute approximate surface area is 454 Å². The summed E-state index contributed by atoms with van der Waals surface area (Å²) in [6, 6.07) is 23.9. The van der Waals surface area contributed by atoms with Crippen LogP contribution < -0.4 is 20.1 Å². The van der Waals surface area contributed by atoms with E-state index in [0.717, 1.165) is 30.5 Å². The van der Waals surface area contributed by atoms with E-state index in [1.807, 2.05) is 78.9 Å². The Morgan fingerprint density at radius 1 is 0.727 bits per heavy atom. The molecule has 21 heteroatoms. The lowest BCUT2D eigenvalue weighted by molar-refractivity contribution is -0.277. The van der Waals surface area contributed by atoms with Crippen LogP contribution in [0.1, 0.15) is 97.8 Å². The zero-order valence-electron chi connectivity index (χ0n) is 46.1. The maximum Gasteiger partial charge on any atom is 0.303 e. The van der Waals surface area contributed by atoms with E-state index in [2.05, 4.69) is 47.8 Å². The van der Waals surface area contributed by atoms with Crippen molar-refractivity contribution in [1.29, 1.82) is 0 Å². The molecule has 0 bridgehead atoms. The fourth-order valence-electron chi connectivity index (χ4n) is 9.84. The van der Waals surface area contributed by atoms with Crippen LogP contribution in [0.25, 0.3) is 4.85 Å². The number of nitrogens with one attached hydrogen (secondary N) is 2. The maximum atomic E-state index is 14.1. The molecule has 1 aliphatic heterocycles. The van der Waals surface area contributed by atoms with Gasteiger partial charge in [-0.2, -0.15) is 0 Å². The zero-order chi connectivity index (χ0) is 56.2. The smallest absolute Gasteiger partial charge is 0.303 e. The van der Waals surface area contributed by atoms with Crippen LogP contribution in [-0.2, 0) is 71.8 Å². The first kappa shape index (κ1) is 62.1. The molecule has 1 saturated heterocycles. The Morgan fingerprint density at radius 3 is 1.83 bits per heavy atom. The van der Waals surface area contributed by atoms with Gasteiger partial charge >= 0.3 is 17.9 Å². The Balaban J connectivity index is 1.41. The SMILES string of the molecule is [C-]#[N+]CCOP(OC1[C@@H](COC(c2ccccc2)(c2ccc(OC)cc2)c2ccc(OC)cc2)C[C@@H](NC(=O)CCCCO[C@@H]2O[C@H](COC(C)=O)[C@H](OC(C)=O)[C@H](OC(C)=O)[C@H]2NC(C)=O)[C@H]1OC)N(C(C)C)C(C)C. The van der Waals surface area contributed by atoms with Gasteiger partial charge in [-0.25, -0.2) is 11.2 Å². The summed E-state index contributed by atoms with van der Waals surface area (Å²) in [5.41, 5.74) is 1.40. The van der Waals surface area contributed by atoms with Gasteiger partial charge in [-0.15, -0.1) is 0 Å². The van der Waals surface area contributed by atoms with Gasteiger partial charge in [-0.3, -0.25) is 24.0 Å². The molecule has 77 heavy (non-hydrogen) atoms. The topological polar surface area (TPSA) is 219 Å². The Morgan fingerprint density at radius 2 is 1.31 bits per heavy atom. The molecule has 0 aromatic heterocycles. The fourth-order valence-corrected chi connectivity index (χ4v) is 11.6. The molecule has 0 spiro atoms. The van der Waals surface area contributed by atoms with Crippen molar-refractivity contribution in [2.75, 3.05) is 54.3 Å². The summed E-state index contributed by atoms with van der Waals surface area (Å²) in [6.07, 6.45) is -5.01. The van der Waals surface area contributed by atoms with Crippen LogP contribution in [0.15, 0.2) is 78.9 Å². The largest absolute Gasteiger partial charge is 0.497 e. The molecule has 1 heterocycles. The molecule has 10 atom stereocenters. The number of unbranched alkanes of at least 4 members (excludes halogenated alkanes) is 1. The molecule has 1 aliphatic carbocycles. The number of rotatable bonds is 29. The highest BCUT2D eigenvalue weighted by atomic mass is 31.2. The normalized spacial score (nSPS) is 22.7. The Kier molecular flexibility index (Phi) is 24.5. The molecule has 2 fully saturated rings. The summed E-state index contributed by atoms with van der Waals surface area (Å²) in [5.74, 6) is -1.84. The predicted octanol–water partition coefficient (Wildman–Crippen LogP) is 7.04. The number of esters is 3. The molecular formula is C56H77N4O16P. The summed E-state index contributed by atoms with van der Waals surface area (Å²) >= 11 is 0. The minimum absolute atomic E-state index is 0.0117. The van der Waals surface area contributed by atoms with Crippen molar-refractivity contribution in [2.24, 2.45) is 5.92 Å². The lowest BCUT2D eigenvalue weighted by atomic mass is 9.79. The van der Waals surface area contributed by atoms with Gasteiger partial charge < -0.3 is 67.2 Å². The highest BCUT2D eigenvalue weighted by Gasteiger charge is 2.52. The first-order chi connectivity index (χ1) is 36.9. The zero-order valence-corrected chi connectivity index (χ0v) is 47.0. The number of nitrogens with zero attached hydrogens (tertiary/aromatic N) is 2. The van der Waals surface area contributed by atoms with E-state index in [1.165, 1.54) is 13.8 Å². The second kappa shape index (κ2) is 30.4. The number of hydrogen-bond acceptors (Lipinski definition) is 17. The standard InChI is InChI=1S/C56H77N4O16P/c1-35(2)60(36(3)4)77(72-31-29-57-9)76-51-41(33-71-56(42-18-14-13-15-19-42,43-21-25-45(66-10)26-22-43)44-23-27-46(67-11)28-24-44)32-47(52(51)68-12)59-49(65)20-16-17-30-69-55-50(58-37(5)61)54(74-40(8)64)53(73-39(7)63)48(75-55)34-70-38(6)62/h13-15,18-19,21-28,35-36,41,47-48,50-55H,16-17,20,29-34H2,1-8,10-12H3,(H,58,61)(H,59,65)/t41-,47-,48-,50-,51?,52-,53+,54-,55-,77?/m1/s1. The predicted molar refractivity (Wildman–Crippen MR) is 284 cm³/mol. The first-order valence-electron chi connectivity index (χ1n) is 25.9. The highest BCUT2D eigenvalue weighted by molar-refractivity contribution is 7.44. The van der Waals surface area contributed by atoms with Crippen molar-refractivity contribution >= 4 is 38.2 Å². The molecule has 1 saturated carbocycles. The van der Waals surface area contributed by atoms with Gasteiger partial charge in [-0.05, 0) is 87.9 Å². The molecule has 20 nitrogen and oxygen atoms in total. The molecule has 3 aromatic rings. The van der Waals surface area contributed by atoms with Crippen molar-refractivity contribution in [3.63, 3.8) is 0 Å². The average molecular weight is 1090 g/mol. The van der Waals surface area contributed by atoms with Crippen molar-refractivity contribution in [1.82, 2.24) is 15.3 Å². The van der Waals surface area contributed by atoms with Gasteiger partial charge in [0.1, 0.15) is 48.6 Å². The van der Waals surface area contributed by atoms with E-state index in [4.69, 9.17) is 58.3 Å². The number of methoxy groups -OCH3 is 3. The van der Waals surface area contributed by atoms with Gasteiger partial charge in [0.15, 0.2) is 18.5 Å². The number of amides is 2. The Bertz CT molecular complexity index is 2330. The molecule has 2 unspecified atom stereocenters. The average Bonchev–Trinajstić information content (AvgIpc) is 3.74. The molecule has 422 valence electrons. The molecule has 5 rings (SSSR count). The van der Waals surface area contributed by atoms with E-state index < -0.39 is 86.8 Å². The third-order valence-corrected chi connectivity index (χ3v) is 15.2. The van der Waals surface area contributed by atoms with Gasteiger partial charge in [-0.1, -0.05) is 54.6 Å². The van der Waals surface area contributed by atoms with Crippen molar-refractivity contribution < 1.29 is 75.7 Å². The van der Waals surface area contributed by atoms with Crippen molar-refractivity contribution in [2.45, 2.75) is 148 Å². The lowest BCUT2D eigenvalue weighted by Gasteiger charge is -2.44. The first-order valence-corrected chi connectivity index (χ1v) is 27.0. The summed E-state index contributed by atoms with van der Waals surface area (Å²) < 4.78 is 69.2. The van der Waals surface area contributed by atoms with Gasteiger partial charge in [0.05, 0.1) is 33.0 Å². The minimum Gasteiger partial charge on any atom is -0.497 e. The van der Waals surface area contributed by atoms with Gasteiger partial charge in [0.2, 0.25) is 18.4 Å². The van der Waals surface area contributed by atoms with E-state index in [9.17, 15) is 24.0 Å². The summed E-state index contributed by atoms with van der Waals surface area (Å²) in [6.45, 7) is 20.6. The van der Waals surface area contributed by atoms with Gasteiger partial charge in [0, 0.05) is 65.8 Å². The number of ether oxygens (including phenoxy) is 9. The maximum absolute atomic E-state index is 14.1. The second-order valence-corrected chi connectivity index (χ2v) is 20.7. The van der Waals surface area contributed by atoms with Crippen LogP contribution >= 0.6 is 8.53 Å². The van der Waals surface area contributed by atoms with Crippen LogP contribution in [-0.4, -0.2) is 150 Å². The Hall–Kier alpha value is -5.75. The monoisotopic (exact) mass is 1090 g/mol. The molecular weight excluding hydrogens is 1020 g/mol. The summed E-state index contributed by atoms with van der Waals surface area (Å²) in [5, 5.41) is 5.93. The van der Waals surface area contributed by atoms with Crippen LogP contribution in [0.3, 0.4) is 0 Å². The fraction of sp³-hybridized carbons (Fsp3) is 0.571. The van der Waals surface area contributed by atoms with Crippen LogP contribution in [0.2, 0.25) is 0 Å². The van der Waals surface area contributed by atoms with Crippen LogP contribution in [0.5, 0.6) is 11.5 Å². The molecule has 2 aliphatic rings. The van der Waals surface area contributed by atoms with E-state index >= 15 is 0 Å². The van der Waals surface area contributed by atoms with Crippen molar-refractivity contribution in [3.05, 3.63) is 107 Å². The van der Waals surface area contributed by atoms with E-state index in [0.29, 0.717) is 30.8 Å². The summed E-state index contributed by atoms with van der Waals surface area (Å²) in [7, 11) is 3.07. The van der Waals surface area contributed by atoms with E-state index in [-0.39, 0.29) is 63.3 Å². The third kappa shape index (κ3) is 17.1. The molecule has 2 N–H and O–H groups in total. The van der Waals surface area contributed by atoms with Crippen LogP contribution in [0, 0.1) is 12.5 Å². The molecule has 2 amide bonds. The minimum atomic E-state index is -1.76. The second-order valence-electron chi connectivity index (χ2n) is 19.3. The quantitative estimate of drug-likeness (QED) is 0.0178. The number of hydrogen-bond donors (Lipinski definition) is 2. The number of carbonyl (C=O) groups is 5. The van der Waals surface area contributed by atoms with Crippen LogP contribution in [0.4, 0.5) is 0 Å². The highest BCUT2D eigenvalue weighted by Crippen LogP contribution is 2.51. The van der Waals surface area contributed by atoms with E-state index in [1.54, 1.807) is 21.3 Å². The van der Waals surface area contributed by atoms with Crippen molar-refractivity contribution in [3.8, 4) is 11.5 Å². The molecule has 3 aromatic carbocycles. The lowest BCUT2D eigenvalue weighted by Crippen LogP contribution is -2.66. The molecule has 0 radical (unpaired) electrons. The third-order valence-electron chi connectivity index (χ3n) is 13.1. The number of carbonyl (C=O) groups excluding carboxylic acids is 5. The number of benzene rings is 3. The van der Waals surface area contributed by atoms with Gasteiger partial charge in [0.25, 0.3) is 8.53 Å². The summed E-state index contributed by atoms with van der Waals surface area (Å²) in [4.78, 5) is 66.4.